The fraction of sp³-hybridized carbons (Fsp3) is 0.273. The molecule has 0 unspecified atom stereocenters. The largest absolute Gasteiger partial charge is 0.366 e. The Morgan fingerprint density at radius 2 is 2.00 bits per heavy atom. The molecule has 0 radical (unpaired) electrons. The number of anilines is 1. The quantitative estimate of drug-likeness (QED) is 0.694. The van der Waals surface area contributed by atoms with Crippen molar-refractivity contribution in [3.63, 3.8) is 0 Å². The van der Waals surface area contributed by atoms with Crippen molar-refractivity contribution in [3.05, 3.63) is 29.8 Å². The first-order valence-electron chi connectivity index (χ1n) is 5.08. The van der Waals surface area contributed by atoms with E-state index in [1.165, 1.54) is 0 Å². The summed E-state index contributed by atoms with van der Waals surface area (Å²) in [6.07, 6.45) is 1.02. The van der Waals surface area contributed by atoms with Gasteiger partial charge in [-0.05, 0) is 42.9 Å². The number of primary amides is 1. The van der Waals surface area contributed by atoms with Crippen molar-refractivity contribution in [2.24, 2.45) is 5.73 Å². The Kier molecular flexibility index (Phi) is 4.72. The maximum absolute atomic E-state index is 10.8. The van der Waals surface area contributed by atoms with E-state index in [9.17, 15) is 4.79 Å². The lowest BCUT2D eigenvalue weighted by molar-refractivity contribution is 0.100. The molecule has 0 saturated heterocycles. The number of rotatable bonds is 4. The summed E-state index contributed by atoms with van der Waals surface area (Å²) in [6, 6.07) is 6.85. The van der Waals surface area contributed by atoms with Crippen LogP contribution < -0.4 is 16.4 Å². The third-order valence-corrected chi connectivity index (χ3v) is 2.21. The van der Waals surface area contributed by atoms with E-state index >= 15 is 0 Å². The van der Waals surface area contributed by atoms with E-state index in [2.05, 4.69) is 17.6 Å². The van der Waals surface area contributed by atoms with E-state index in [1.807, 2.05) is 0 Å². The molecule has 4 nitrogen and oxygen atoms in total. The molecule has 0 aliphatic carbocycles. The molecule has 0 fully saturated rings. The summed E-state index contributed by atoms with van der Waals surface area (Å²) in [6.45, 7) is 2.91. The molecule has 0 heterocycles. The molecule has 1 rings (SSSR count). The number of amides is 1. The molecule has 5 heteroatoms. The van der Waals surface area contributed by atoms with Crippen molar-refractivity contribution in [1.82, 2.24) is 5.32 Å². The van der Waals surface area contributed by atoms with Crippen LogP contribution in [-0.2, 0) is 0 Å². The van der Waals surface area contributed by atoms with Crippen LogP contribution in [0.3, 0.4) is 0 Å². The minimum absolute atomic E-state index is 0.432. The Labute approximate surface area is 100 Å². The van der Waals surface area contributed by atoms with Gasteiger partial charge >= 0.3 is 0 Å². The summed E-state index contributed by atoms with van der Waals surface area (Å²) in [5, 5.41) is 6.64. The van der Waals surface area contributed by atoms with Gasteiger partial charge < -0.3 is 16.4 Å². The molecule has 1 aromatic carbocycles. The molecule has 1 amide bonds. The molecule has 0 atom stereocenters. The smallest absolute Gasteiger partial charge is 0.248 e. The summed E-state index contributed by atoms with van der Waals surface area (Å²) in [5.41, 5.74) is 6.45. The van der Waals surface area contributed by atoms with Crippen LogP contribution in [0.4, 0.5) is 5.69 Å². The third kappa shape index (κ3) is 3.86. The standard InChI is InChI=1S/C11H15N3OS/c1-2-7-13-11(16)14-9-5-3-8(4-6-9)10(12)15/h3-6H,2,7H2,1H3,(H2,12,15)(H2,13,14,16). The molecule has 0 aromatic heterocycles. The fourth-order valence-electron chi connectivity index (χ4n) is 1.13. The highest BCUT2D eigenvalue weighted by Crippen LogP contribution is 2.08. The minimum Gasteiger partial charge on any atom is -0.366 e. The van der Waals surface area contributed by atoms with Crippen molar-refractivity contribution in [3.8, 4) is 0 Å². The maximum Gasteiger partial charge on any atom is 0.248 e. The van der Waals surface area contributed by atoms with Gasteiger partial charge in [-0.3, -0.25) is 4.79 Å². The molecule has 0 saturated carbocycles. The molecule has 4 N–H and O–H groups in total. The van der Waals surface area contributed by atoms with Crippen molar-refractivity contribution in [1.29, 1.82) is 0 Å². The van der Waals surface area contributed by atoms with E-state index < -0.39 is 5.91 Å². The Morgan fingerprint density at radius 3 is 2.50 bits per heavy atom. The Bertz CT molecular complexity index is 375. The Hall–Kier alpha value is -1.62. The van der Waals surface area contributed by atoms with Crippen LogP contribution in [0.15, 0.2) is 24.3 Å². The second-order valence-electron chi connectivity index (χ2n) is 3.32. The molecular formula is C11H15N3OS. The lowest BCUT2D eigenvalue weighted by atomic mass is 10.2. The van der Waals surface area contributed by atoms with Gasteiger partial charge in [0.2, 0.25) is 5.91 Å². The van der Waals surface area contributed by atoms with Gasteiger partial charge in [-0.2, -0.15) is 0 Å². The molecular weight excluding hydrogens is 222 g/mol. The second-order valence-corrected chi connectivity index (χ2v) is 3.73. The Balaban J connectivity index is 2.55. The zero-order valence-electron chi connectivity index (χ0n) is 9.12. The third-order valence-electron chi connectivity index (χ3n) is 1.96. The minimum atomic E-state index is -0.432. The average Bonchev–Trinajstić information content (AvgIpc) is 2.27. The van der Waals surface area contributed by atoms with Crippen LogP contribution in [0.5, 0.6) is 0 Å². The molecule has 0 aliphatic heterocycles. The highest BCUT2D eigenvalue weighted by atomic mass is 32.1. The number of nitrogens with one attached hydrogen (secondary N) is 2. The number of hydrogen-bond donors (Lipinski definition) is 3. The molecule has 86 valence electrons. The van der Waals surface area contributed by atoms with E-state index in [4.69, 9.17) is 18.0 Å². The first kappa shape index (κ1) is 12.4. The highest BCUT2D eigenvalue weighted by molar-refractivity contribution is 7.80. The number of hydrogen-bond acceptors (Lipinski definition) is 2. The van der Waals surface area contributed by atoms with Crippen molar-refractivity contribution >= 4 is 28.9 Å². The zero-order valence-corrected chi connectivity index (χ0v) is 9.93. The summed E-state index contributed by atoms with van der Waals surface area (Å²) >= 11 is 5.07. The van der Waals surface area contributed by atoms with Crippen molar-refractivity contribution < 1.29 is 4.79 Å². The molecule has 0 spiro atoms. The molecule has 0 bridgehead atoms. The monoisotopic (exact) mass is 237 g/mol. The van der Waals surface area contributed by atoms with Crippen molar-refractivity contribution in [2.45, 2.75) is 13.3 Å². The molecule has 0 aliphatic rings. The van der Waals surface area contributed by atoms with Crippen LogP contribution in [0, 0.1) is 0 Å². The van der Waals surface area contributed by atoms with Crippen LogP contribution in [0.1, 0.15) is 23.7 Å². The predicted molar refractivity (Wildman–Crippen MR) is 69.5 cm³/mol. The lowest BCUT2D eigenvalue weighted by Gasteiger charge is -2.09. The summed E-state index contributed by atoms with van der Waals surface area (Å²) < 4.78 is 0. The van der Waals surface area contributed by atoms with E-state index in [0.717, 1.165) is 18.7 Å². The van der Waals surface area contributed by atoms with Gasteiger partial charge in [-0.1, -0.05) is 6.92 Å². The topological polar surface area (TPSA) is 67.2 Å². The van der Waals surface area contributed by atoms with Crippen LogP contribution >= 0.6 is 12.2 Å². The SMILES string of the molecule is CCCNC(=S)Nc1ccc(C(N)=O)cc1. The number of nitrogens with two attached hydrogens (primary N) is 1. The zero-order chi connectivity index (χ0) is 12.0. The van der Waals surface area contributed by atoms with E-state index in [1.54, 1.807) is 24.3 Å². The van der Waals surface area contributed by atoms with Gasteiger partial charge in [0.05, 0.1) is 0 Å². The van der Waals surface area contributed by atoms with Crippen LogP contribution in [0.2, 0.25) is 0 Å². The number of benzene rings is 1. The lowest BCUT2D eigenvalue weighted by Crippen LogP contribution is -2.28. The number of carbonyl (C=O) groups excluding carboxylic acids is 1. The molecule has 1 aromatic rings. The normalized spacial score (nSPS) is 9.56. The van der Waals surface area contributed by atoms with Crippen LogP contribution in [0.25, 0.3) is 0 Å². The van der Waals surface area contributed by atoms with Gasteiger partial charge in [0.15, 0.2) is 5.11 Å². The highest BCUT2D eigenvalue weighted by Gasteiger charge is 2.00. The maximum atomic E-state index is 10.8. The second kappa shape index (κ2) is 6.07. The summed E-state index contributed by atoms with van der Waals surface area (Å²) in [5.74, 6) is -0.432. The summed E-state index contributed by atoms with van der Waals surface area (Å²) in [7, 11) is 0. The fourth-order valence-corrected chi connectivity index (χ4v) is 1.35. The number of carbonyl (C=O) groups is 1. The molecule has 16 heavy (non-hydrogen) atoms. The predicted octanol–water partition coefficient (Wildman–Crippen LogP) is 1.48. The average molecular weight is 237 g/mol. The van der Waals surface area contributed by atoms with Crippen molar-refractivity contribution in [2.75, 3.05) is 11.9 Å². The van der Waals surface area contributed by atoms with Gasteiger partial charge in [-0.25, -0.2) is 0 Å². The number of thiocarbonyl (C=S) groups is 1. The van der Waals surface area contributed by atoms with E-state index in [-0.39, 0.29) is 0 Å². The van der Waals surface area contributed by atoms with E-state index in [0.29, 0.717) is 10.7 Å². The summed E-state index contributed by atoms with van der Waals surface area (Å²) in [4.78, 5) is 10.8. The van der Waals surface area contributed by atoms with Gasteiger partial charge in [-0.15, -0.1) is 0 Å². The first-order valence-corrected chi connectivity index (χ1v) is 5.49. The Morgan fingerprint density at radius 1 is 1.38 bits per heavy atom. The van der Waals surface area contributed by atoms with Gasteiger partial charge in [0.25, 0.3) is 0 Å². The van der Waals surface area contributed by atoms with Gasteiger partial charge in [0, 0.05) is 17.8 Å². The van der Waals surface area contributed by atoms with Gasteiger partial charge in [0.1, 0.15) is 0 Å². The van der Waals surface area contributed by atoms with Crippen LogP contribution in [-0.4, -0.2) is 17.6 Å². The first-order chi connectivity index (χ1) is 7.63.